The number of alkyl halides is 3. The van der Waals surface area contributed by atoms with E-state index in [1.165, 1.54) is 12.1 Å². The van der Waals surface area contributed by atoms with Crippen LogP contribution in [0.2, 0.25) is 0 Å². The molecule has 0 radical (unpaired) electrons. The number of carbonyl (C=O) groups excluding carboxylic acids is 1. The van der Waals surface area contributed by atoms with E-state index >= 15 is 0 Å². The van der Waals surface area contributed by atoms with Gasteiger partial charge in [0.05, 0.1) is 11.5 Å². The van der Waals surface area contributed by atoms with Crippen LogP contribution in [0, 0.1) is 5.92 Å². The molecule has 0 saturated carbocycles. The second-order valence-corrected chi connectivity index (χ2v) is 5.64. The fraction of sp³-hybridized carbons (Fsp3) is 0.278. The fourth-order valence-electron chi connectivity index (χ4n) is 2.33. The first kappa shape index (κ1) is 18.0. The summed E-state index contributed by atoms with van der Waals surface area (Å²) in [6.07, 6.45) is -4.40. The van der Waals surface area contributed by atoms with Gasteiger partial charge in [0.25, 0.3) is 0 Å². The van der Waals surface area contributed by atoms with E-state index in [1.807, 2.05) is 30.3 Å². The molecular weight excluding hydrogens is 317 g/mol. The van der Waals surface area contributed by atoms with Crippen LogP contribution >= 0.6 is 0 Å². The third-order valence-corrected chi connectivity index (χ3v) is 3.86. The van der Waals surface area contributed by atoms with Gasteiger partial charge in [-0.3, -0.25) is 4.79 Å². The van der Waals surface area contributed by atoms with Crippen LogP contribution in [0.5, 0.6) is 0 Å². The largest absolute Gasteiger partial charge is 0.416 e. The Labute approximate surface area is 138 Å². The molecule has 0 aromatic heterocycles. The first-order valence-electron chi connectivity index (χ1n) is 7.53. The highest BCUT2D eigenvalue weighted by Crippen LogP contribution is 2.29. The second kappa shape index (κ2) is 7.49. The average molecular weight is 336 g/mol. The lowest BCUT2D eigenvalue weighted by molar-refractivity contribution is -0.137. The van der Waals surface area contributed by atoms with Gasteiger partial charge in [0.2, 0.25) is 5.91 Å². The predicted octanol–water partition coefficient (Wildman–Crippen LogP) is 3.66. The molecule has 0 saturated heterocycles. The van der Waals surface area contributed by atoms with E-state index in [9.17, 15) is 18.0 Å². The zero-order valence-corrected chi connectivity index (χ0v) is 13.2. The van der Waals surface area contributed by atoms with Crippen molar-refractivity contribution in [3.63, 3.8) is 0 Å². The Hall–Kier alpha value is -2.34. The molecule has 3 N–H and O–H groups in total. The molecule has 3 nitrogen and oxygen atoms in total. The Kier molecular flexibility index (Phi) is 5.62. The number of benzene rings is 2. The molecule has 2 aromatic carbocycles. The normalized spacial score (nSPS) is 14.0. The fourth-order valence-corrected chi connectivity index (χ4v) is 2.33. The van der Waals surface area contributed by atoms with Crippen LogP contribution in [-0.4, -0.2) is 5.91 Å². The van der Waals surface area contributed by atoms with Gasteiger partial charge in [-0.2, -0.15) is 13.2 Å². The van der Waals surface area contributed by atoms with E-state index < -0.39 is 23.7 Å². The van der Waals surface area contributed by atoms with Crippen molar-refractivity contribution in [1.29, 1.82) is 0 Å². The van der Waals surface area contributed by atoms with Crippen molar-refractivity contribution >= 4 is 5.91 Å². The van der Waals surface area contributed by atoms with Crippen LogP contribution in [0.25, 0.3) is 0 Å². The van der Waals surface area contributed by atoms with Crippen LogP contribution in [0.3, 0.4) is 0 Å². The maximum absolute atomic E-state index is 12.7. The molecule has 0 heterocycles. The maximum Gasteiger partial charge on any atom is 0.416 e. The minimum atomic E-state index is -4.40. The van der Waals surface area contributed by atoms with Crippen LogP contribution in [0.4, 0.5) is 13.2 Å². The van der Waals surface area contributed by atoms with Crippen molar-refractivity contribution in [2.75, 3.05) is 0 Å². The van der Waals surface area contributed by atoms with Crippen molar-refractivity contribution < 1.29 is 18.0 Å². The standard InChI is InChI=1S/C18H19F3N2O/c1-12(16(22)14-7-3-2-4-8-14)17(24)23-11-13-6-5-9-15(10-13)18(19,20)21/h2-10,12,16H,11,22H2,1H3,(H,23,24). The number of halogens is 3. The number of carbonyl (C=O) groups is 1. The van der Waals surface area contributed by atoms with Crippen LogP contribution in [-0.2, 0) is 17.5 Å². The van der Waals surface area contributed by atoms with Gasteiger partial charge in [0.15, 0.2) is 0 Å². The molecule has 2 rings (SSSR count). The summed E-state index contributed by atoms with van der Waals surface area (Å²) in [6.45, 7) is 1.72. The van der Waals surface area contributed by atoms with Gasteiger partial charge in [-0.1, -0.05) is 49.4 Å². The molecule has 2 aromatic rings. The van der Waals surface area contributed by atoms with Gasteiger partial charge in [-0.25, -0.2) is 0 Å². The van der Waals surface area contributed by atoms with E-state index in [2.05, 4.69) is 5.32 Å². The van der Waals surface area contributed by atoms with Crippen LogP contribution in [0.1, 0.15) is 29.7 Å². The predicted molar refractivity (Wildman–Crippen MR) is 85.8 cm³/mol. The minimum Gasteiger partial charge on any atom is -0.352 e. The van der Waals surface area contributed by atoms with Crippen molar-refractivity contribution in [3.8, 4) is 0 Å². The van der Waals surface area contributed by atoms with Gasteiger partial charge in [0, 0.05) is 12.6 Å². The van der Waals surface area contributed by atoms with Crippen molar-refractivity contribution in [2.24, 2.45) is 11.7 Å². The first-order valence-corrected chi connectivity index (χ1v) is 7.53. The van der Waals surface area contributed by atoms with Gasteiger partial charge in [0.1, 0.15) is 0 Å². The monoisotopic (exact) mass is 336 g/mol. The topological polar surface area (TPSA) is 55.1 Å². The van der Waals surface area contributed by atoms with Gasteiger partial charge >= 0.3 is 6.18 Å². The smallest absolute Gasteiger partial charge is 0.352 e. The van der Waals surface area contributed by atoms with Gasteiger partial charge in [-0.15, -0.1) is 0 Å². The molecule has 0 fully saturated rings. The van der Waals surface area contributed by atoms with Crippen LogP contribution < -0.4 is 11.1 Å². The lowest BCUT2D eigenvalue weighted by Crippen LogP contribution is -2.35. The number of hydrogen-bond donors (Lipinski definition) is 2. The Morgan fingerprint density at radius 3 is 2.42 bits per heavy atom. The Morgan fingerprint density at radius 2 is 1.79 bits per heavy atom. The van der Waals surface area contributed by atoms with Crippen molar-refractivity contribution in [3.05, 3.63) is 71.3 Å². The summed E-state index contributed by atoms with van der Waals surface area (Å²) in [6, 6.07) is 13.6. The van der Waals surface area contributed by atoms with Gasteiger partial charge in [-0.05, 0) is 23.3 Å². The Morgan fingerprint density at radius 1 is 1.12 bits per heavy atom. The number of nitrogens with two attached hydrogens (primary N) is 1. The highest BCUT2D eigenvalue weighted by atomic mass is 19.4. The molecule has 128 valence electrons. The molecule has 2 atom stereocenters. The minimum absolute atomic E-state index is 0.0224. The lowest BCUT2D eigenvalue weighted by Gasteiger charge is -2.20. The Balaban J connectivity index is 1.98. The summed E-state index contributed by atoms with van der Waals surface area (Å²) in [5.74, 6) is -0.804. The highest BCUT2D eigenvalue weighted by Gasteiger charge is 2.30. The zero-order valence-electron chi connectivity index (χ0n) is 13.2. The highest BCUT2D eigenvalue weighted by molar-refractivity contribution is 5.79. The molecule has 0 aliphatic rings. The molecule has 0 spiro atoms. The lowest BCUT2D eigenvalue weighted by atomic mass is 9.94. The number of amides is 1. The maximum atomic E-state index is 12.7. The molecule has 0 bridgehead atoms. The third kappa shape index (κ3) is 4.58. The number of hydrogen-bond acceptors (Lipinski definition) is 2. The third-order valence-electron chi connectivity index (χ3n) is 3.86. The van der Waals surface area contributed by atoms with Crippen molar-refractivity contribution in [1.82, 2.24) is 5.32 Å². The van der Waals surface area contributed by atoms with E-state index in [4.69, 9.17) is 5.73 Å². The van der Waals surface area contributed by atoms with Gasteiger partial charge < -0.3 is 11.1 Å². The zero-order chi connectivity index (χ0) is 17.7. The SMILES string of the molecule is CC(C(=O)NCc1cccc(C(F)(F)F)c1)C(N)c1ccccc1. The summed E-state index contributed by atoms with van der Waals surface area (Å²) in [5, 5.41) is 2.64. The first-order chi connectivity index (χ1) is 11.3. The molecule has 0 aliphatic carbocycles. The molecule has 0 aliphatic heterocycles. The summed E-state index contributed by atoms with van der Waals surface area (Å²) >= 11 is 0. The van der Waals surface area contributed by atoms with E-state index in [0.717, 1.165) is 17.7 Å². The average Bonchev–Trinajstić information content (AvgIpc) is 2.58. The summed E-state index contributed by atoms with van der Waals surface area (Å²) in [7, 11) is 0. The van der Waals surface area contributed by atoms with Crippen molar-refractivity contribution in [2.45, 2.75) is 25.7 Å². The second-order valence-electron chi connectivity index (χ2n) is 5.64. The number of nitrogens with one attached hydrogen (secondary N) is 1. The summed E-state index contributed by atoms with van der Waals surface area (Å²) in [5.41, 5.74) is 6.57. The molecule has 6 heteroatoms. The molecular formula is C18H19F3N2O. The summed E-state index contributed by atoms with van der Waals surface area (Å²) < 4.78 is 38.1. The summed E-state index contributed by atoms with van der Waals surface area (Å²) in [4.78, 5) is 12.2. The van der Waals surface area contributed by atoms with E-state index in [1.54, 1.807) is 6.92 Å². The molecule has 1 amide bonds. The molecule has 2 unspecified atom stereocenters. The van der Waals surface area contributed by atoms with E-state index in [0.29, 0.717) is 5.56 Å². The van der Waals surface area contributed by atoms with E-state index in [-0.39, 0.29) is 12.5 Å². The van der Waals surface area contributed by atoms with Crippen LogP contribution in [0.15, 0.2) is 54.6 Å². The number of rotatable bonds is 5. The Bertz CT molecular complexity index is 686. The quantitative estimate of drug-likeness (QED) is 0.875. The molecule has 24 heavy (non-hydrogen) atoms.